The molecule has 1 aromatic carbocycles. The highest BCUT2D eigenvalue weighted by atomic mass is 35.5. The monoisotopic (exact) mass is 222 g/mol. The van der Waals surface area contributed by atoms with Gasteiger partial charge in [0.15, 0.2) is 0 Å². The van der Waals surface area contributed by atoms with E-state index >= 15 is 0 Å². The van der Waals surface area contributed by atoms with Gasteiger partial charge < -0.3 is 0 Å². The molecule has 0 aliphatic rings. The van der Waals surface area contributed by atoms with Gasteiger partial charge in [-0.05, 0) is 36.6 Å². The van der Waals surface area contributed by atoms with Crippen LogP contribution in [0.1, 0.15) is 30.0 Å². The third-order valence-electron chi connectivity index (χ3n) is 2.40. The van der Waals surface area contributed by atoms with Crippen molar-refractivity contribution in [2.24, 2.45) is 5.84 Å². The van der Waals surface area contributed by atoms with Crippen molar-refractivity contribution in [2.45, 2.75) is 25.8 Å². The second-order valence-corrected chi connectivity index (χ2v) is 3.90. The van der Waals surface area contributed by atoms with Crippen LogP contribution in [0.25, 0.3) is 0 Å². The van der Waals surface area contributed by atoms with Crippen LogP contribution in [0.15, 0.2) is 18.2 Å². The van der Waals surface area contributed by atoms with Gasteiger partial charge in [0.2, 0.25) is 0 Å². The molecule has 2 nitrogen and oxygen atoms in total. The van der Waals surface area contributed by atoms with Crippen LogP contribution in [-0.4, -0.2) is 0 Å². The first kappa shape index (κ1) is 12.1. The van der Waals surface area contributed by atoms with E-state index in [1.54, 1.807) is 0 Å². The fourth-order valence-corrected chi connectivity index (χ4v) is 1.72. The van der Waals surface area contributed by atoms with E-state index in [-0.39, 0.29) is 6.04 Å². The highest BCUT2D eigenvalue weighted by Crippen LogP contribution is 2.24. The number of aryl methyl sites for hydroxylation is 1. The van der Waals surface area contributed by atoms with Crippen molar-refractivity contribution in [3.05, 3.63) is 34.3 Å². The molecule has 0 spiro atoms. The largest absolute Gasteiger partial charge is 0.271 e. The molecule has 0 aromatic heterocycles. The molecule has 0 amide bonds. The van der Waals surface area contributed by atoms with Gasteiger partial charge in [-0.2, -0.15) is 0 Å². The summed E-state index contributed by atoms with van der Waals surface area (Å²) in [5, 5.41) is 0.719. The SMILES string of the molecule is C#CCCC(NN)c1cc(Cl)ccc1C. The Morgan fingerprint density at radius 1 is 1.60 bits per heavy atom. The second kappa shape index (κ2) is 5.77. The summed E-state index contributed by atoms with van der Waals surface area (Å²) < 4.78 is 0. The number of hydrogen-bond acceptors (Lipinski definition) is 2. The summed E-state index contributed by atoms with van der Waals surface area (Å²) in [7, 11) is 0. The minimum atomic E-state index is 0.0692. The Hall–Kier alpha value is -1.01. The lowest BCUT2D eigenvalue weighted by Crippen LogP contribution is -2.28. The summed E-state index contributed by atoms with van der Waals surface area (Å²) >= 11 is 5.94. The van der Waals surface area contributed by atoms with E-state index in [4.69, 9.17) is 23.9 Å². The van der Waals surface area contributed by atoms with Crippen molar-refractivity contribution in [3.8, 4) is 12.3 Å². The van der Waals surface area contributed by atoms with E-state index in [0.29, 0.717) is 6.42 Å². The van der Waals surface area contributed by atoms with Gasteiger partial charge >= 0.3 is 0 Å². The molecule has 0 bridgehead atoms. The molecule has 0 aliphatic carbocycles. The topological polar surface area (TPSA) is 38.0 Å². The quantitative estimate of drug-likeness (QED) is 0.467. The predicted octanol–water partition coefficient (Wildman–Crippen LogP) is 2.57. The van der Waals surface area contributed by atoms with Gasteiger partial charge in [-0.15, -0.1) is 12.3 Å². The van der Waals surface area contributed by atoms with Crippen molar-refractivity contribution in [1.29, 1.82) is 0 Å². The summed E-state index contributed by atoms with van der Waals surface area (Å²) in [6, 6.07) is 5.85. The van der Waals surface area contributed by atoms with Crippen LogP contribution in [0, 0.1) is 19.3 Å². The van der Waals surface area contributed by atoms with Crippen LogP contribution in [0.3, 0.4) is 0 Å². The van der Waals surface area contributed by atoms with Crippen LogP contribution >= 0.6 is 11.6 Å². The first-order valence-corrected chi connectivity index (χ1v) is 5.22. The molecular formula is C12H15ClN2. The molecule has 0 heterocycles. The van der Waals surface area contributed by atoms with Crippen molar-refractivity contribution in [1.82, 2.24) is 5.43 Å². The van der Waals surface area contributed by atoms with Gasteiger partial charge in [0, 0.05) is 17.5 Å². The number of rotatable bonds is 4. The lowest BCUT2D eigenvalue weighted by Gasteiger charge is -2.17. The van der Waals surface area contributed by atoms with Gasteiger partial charge in [-0.1, -0.05) is 17.7 Å². The molecule has 1 atom stereocenters. The number of hydrogen-bond donors (Lipinski definition) is 2. The van der Waals surface area contributed by atoms with Gasteiger partial charge in [-0.3, -0.25) is 11.3 Å². The lowest BCUT2D eigenvalue weighted by atomic mass is 9.98. The fraction of sp³-hybridized carbons (Fsp3) is 0.333. The van der Waals surface area contributed by atoms with Crippen molar-refractivity contribution in [3.63, 3.8) is 0 Å². The first-order chi connectivity index (χ1) is 7.19. The molecule has 0 aliphatic heterocycles. The summed E-state index contributed by atoms with van der Waals surface area (Å²) in [6.45, 7) is 2.03. The Morgan fingerprint density at radius 2 is 2.33 bits per heavy atom. The lowest BCUT2D eigenvalue weighted by molar-refractivity contribution is 0.521. The molecular weight excluding hydrogens is 208 g/mol. The van der Waals surface area contributed by atoms with Gasteiger partial charge in [-0.25, -0.2) is 0 Å². The molecule has 15 heavy (non-hydrogen) atoms. The second-order valence-electron chi connectivity index (χ2n) is 3.46. The average molecular weight is 223 g/mol. The van der Waals surface area contributed by atoms with E-state index in [1.165, 1.54) is 5.56 Å². The summed E-state index contributed by atoms with van der Waals surface area (Å²) in [5.74, 6) is 8.11. The molecule has 1 aromatic rings. The smallest absolute Gasteiger partial charge is 0.0472 e. The van der Waals surface area contributed by atoms with E-state index < -0.39 is 0 Å². The third-order valence-corrected chi connectivity index (χ3v) is 2.63. The minimum absolute atomic E-state index is 0.0692. The molecule has 0 fully saturated rings. The maximum absolute atomic E-state index is 5.94. The zero-order valence-electron chi connectivity index (χ0n) is 8.76. The Bertz CT molecular complexity index is 368. The number of halogens is 1. The predicted molar refractivity (Wildman–Crippen MR) is 64.3 cm³/mol. The van der Waals surface area contributed by atoms with Crippen molar-refractivity contribution in [2.75, 3.05) is 0 Å². The number of hydrazine groups is 1. The Balaban J connectivity index is 2.91. The molecule has 3 heteroatoms. The maximum atomic E-state index is 5.94. The van der Waals surface area contributed by atoms with Crippen LogP contribution in [-0.2, 0) is 0 Å². The number of nitrogens with one attached hydrogen (secondary N) is 1. The number of nitrogens with two attached hydrogens (primary N) is 1. The maximum Gasteiger partial charge on any atom is 0.0472 e. The summed E-state index contributed by atoms with van der Waals surface area (Å²) in [4.78, 5) is 0. The van der Waals surface area contributed by atoms with E-state index in [0.717, 1.165) is 17.0 Å². The standard InChI is InChI=1S/C12H15ClN2/c1-3-4-5-12(15-14)11-8-10(13)7-6-9(11)2/h1,6-8,12,15H,4-5,14H2,2H3. The number of terminal acetylenes is 1. The highest BCUT2D eigenvalue weighted by Gasteiger charge is 2.11. The molecule has 0 saturated heterocycles. The van der Waals surface area contributed by atoms with Crippen LogP contribution in [0.5, 0.6) is 0 Å². The van der Waals surface area contributed by atoms with Crippen LogP contribution < -0.4 is 11.3 Å². The highest BCUT2D eigenvalue weighted by molar-refractivity contribution is 6.30. The van der Waals surface area contributed by atoms with Gasteiger partial charge in [0.05, 0.1) is 0 Å². The van der Waals surface area contributed by atoms with Crippen LogP contribution in [0.2, 0.25) is 5.02 Å². The van der Waals surface area contributed by atoms with E-state index in [1.807, 2.05) is 25.1 Å². The Morgan fingerprint density at radius 3 is 2.93 bits per heavy atom. The zero-order valence-corrected chi connectivity index (χ0v) is 9.51. The first-order valence-electron chi connectivity index (χ1n) is 4.84. The van der Waals surface area contributed by atoms with E-state index in [2.05, 4.69) is 11.3 Å². The summed E-state index contributed by atoms with van der Waals surface area (Å²) in [5.41, 5.74) is 5.04. The molecule has 80 valence electrons. The molecule has 0 saturated carbocycles. The molecule has 0 radical (unpaired) electrons. The molecule has 3 N–H and O–H groups in total. The zero-order chi connectivity index (χ0) is 11.3. The third kappa shape index (κ3) is 3.24. The summed E-state index contributed by atoms with van der Waals surface area (Å²) in [6.07, 6.45) is 6.74. The Kier molecular flexibility index (Phi) is 4.64. The van der Waals surface area contributed by atoms with Crippen molar-refractivity contribution < 1.29 is 0 Å². The van der Waals surface area contributed by atoms with E-state index in [9.17, 15) is 0 Å². The minimum Gasteiger partial charge on any atom is -0.271 e. The van der Waals surface area contributed by atoms with Crippen molar-refractivity contribution >= 4 is 11.6 Å². The fourth-order valence-electron chi connectivity index (χ4n) is 1.54. The number of benzene rings is 1. The average Bonchev–Trinajstić information content (AvgIpc) is 2.24. The van der Waals surface area contributed by atoms with Gasteiger partial charge in [0.25, 0.3) is 0 Å². The molecule has 1 unspecified atom stereocenters. The molecule has 1 rings (SSSR count). The van der Waals surface area contributed by atoms with Gasteiger partial charge in [0.1, 0.15) is 0 Å². The normalized spacial score (nSPS) is 12.1. The Labute approximate surface area is 95.8 Å². The van der Waals surface area contributed by atoms with Crippen LogP contribution in [0.4, 0.5) is 0 Å².